The smallest absolute Gasteiger partial charge is 0.251 e. The van der Waals surface area contributed by atoms with Gasteiger partial charge in [0.15, 0.2) is 5.11 Å². The number of unbranched alkanes of at least 4 members (excludes halogenated alkanes) is 3. The van der Waals surface area contributed by atoms with Crippen molar-refractivity contribution in [1.29, 1.82) is 0 Å². The first-order chi connectivity index (χ1) is 12.0. The molecule has 0 aliphatic rings. The molecule has 0 spiro atoms. The number of thiocarbonyl (C=S) groups is 1. The molecule has 0 saturated heterocycles. The lowest BCUT2D eigenvalue weighted by Crippen LogP contribution is -2.34. The fourth-order valence-electron chi connectivity index (χ4n) is 2.21. The lowest BCUT2D eigenvalue weighted by molar-refractivity contribution is -0.119. The third-order valence-corrected chi connectivity index (χ3v) is 4.09. The number of benzene rings is 1. The Balaban J connectivity index is 2.50. The van der Waals surface area contributed by atoms with Gasteiger partial charge in [-0.05, 0) is 50.2 Å². The van der Waals surface area contributed by atoms with Gasteiger partial charge in [-0.3, -0.25) is 9.59 Å². The quantitative estimate of drug-likeness (QED) is 0.458. The van der Waals surface area contributed by atoms with E-state index in [0.717, 1.165) is 32.1 Å². The number of rotatable bonds is 9. The van der Waals surface area contributed by atoms with Crippen LogP contribution in [0.2, 0.25) is 0 Å². The number of carbonyl (C=O) groups is 2. The van der Waals surface area contributed by atoms with Gasteiger partial charge >= 0.3 is 0 Å². The summed E-state index contributed by atoms with van der Waals surface area (Å²) in [7, 11) is 0. The van der Waals surface area contributed by atoms with Gasteiger partial charge < -0.3 is 16.0 Å². The molecule has 0 aliphatic carbocycles. The highest BCUT2D eigenvalue weighted by molar-refractivity contribution is 7.80. The van der Waals surface area contributed by atoms with Crippen molar-refractivity contribution in [2.45, 2.75) is 65.3 Å². The first kappa shape index (κ1) is 21.1. The van der Waals surface area contributed by atoms with Crippen LogP contribution in [0.4, 0.5) is 5.69 Å². The molecule has 1 unspecified atom stereocenters. The van der Waals surface area contributed by atoms with Crippen molar-refractivity contribution < 1.29 is 9.59 Å². The van der Waals surface area contributed by atoms with Gasteiger partial charge in [-0.2, -0.15) is 0 Å². The third kappa shape index (κ3) is 8.63. The molecular formula is C19H29N3O2S. The zero-order valence-electron chi connectivity index (χ0n) is 15.4. The first-order valence-corrected chi connectivity index (χ1v) is 9.38. The topological polar surface area (TPSA) is 70.2 Å². The van der Waals surface area contributed by atoms with E-state index in [1.54, 1.807) is 24.3 Å². The molecule has 0 fully saturated rings. The van der Waals surface area contributed by atoms with Gasteiger partial charge in [-0.1, -0.05) is 39.2 Å². The molecule has 138 valence electrons. The highest BCUT2D eigenvalue weighted by Crippen LogP contribution is 2.11. The molecule has 1 rings (SSSR count). The molecule has 1 atom stereocenters. The van der Waals surface area contributed by atoms with E-state index in [0.29, 0.717) is 17.7 Å². The van der Waals surface area contributed by atoms with Gasteiger partial charge in [0.1, 0.15) is 0 Å². The van der Waals surface area contributed by atoms with E-state index < -0.39 is 0 Å². The Morgan fingerprint density at radius 1 is 1.16 bits per heavy atom. The number of anilines is 1. The van der Waals surface area contributed by atoms with Gasteiger partial charge in [0.05, 0.1) is 0 Å². The molecule has 1 aromatic carbocycles. The minimum Gasteiger partial charge on any atom is -0.350 e. The van der Waals surface area contributed by atoms with Crippen molar-refractivity contribution in [3.8, 4) is 0 Å². The summed E-state index contributed by atoms with van der Waals surface area (Å²) >= 11 is 5.17. The summed E-state index contributed by atoms with van der Waals surface area (Å²) in [6, 6.07) is 7.18. The van der Waals surface area contributed by atoms with Crippen molar-refractivity contribution in [2.75, 3.05) is 5.32 Å². The Hall–Kier alpha value is -1.95. The number of carbonyl (C=O) groups excluding carboxylic acids is 2. The second-order valence-electron chi connectivity index (χ2n) is 6.18. The van der Waals surface area contributed by atoms with Crippen LogP contribution >= 0.6 is 12.2 Å². The highest BCUT2D eigenvalue weighted by Gasteiger charge is 2.10. The zero-order chi connectivity index (χ0) is 18.7. The molecule has 0 aromatic heterocycles. The predicted molar refractivity (Wildman–Crippen MR) is 107 cm³/mol. The van der Waals surface area contributed by atoms with E-state index in [4.69, 9.17) is 12.2 Å². The monoisotopic (exact) mass is 363 g/mol. The maximum absolute atomic E-state index is 12.2. The van der Waals surface area contributed by atoms with Gasteiger partial charge in [-0.25, -0.2) is 0 Å². The lowest BCUT2D eigenvalue weighted by atomic mass is 10.1. The van der Waals surface area contributed by atoms with E-state index in [-0.39, 0.29) is 23.0 Å². The van der Waals surface area contributed by atoms with Crippen molar-refractivity contribution >= 4 is 34.8 Å². The van der Waals surface area contributed by atoms with Crippen LogP contribution in [0.3, 0.4) is 0 Å². The standard InChI is InChI=1S/C19H29N3O2S/c1-4-6-7-8-12-17(23)22-19(25)21-16-11-9-10-15(13-16)18(24)20-14(3)5-2/h9-11,13-14H,4-8,12H2,1-3H3,(H,20,24)(H2,21,22,23,25). The Labute approximate surface area is 156 Å². The average Bonchev–Trinajstić information content (AvgIpc) is 2.58. The molecule has 3 N–H and O–H groups in total. The van der Waals surface area contributed by atoms with Crippen LogP contribution in [0.1, 0.15) is 69.7 Å². The maximum Gasteiger partial charge on any atom is 0.251 e. The molecule has 0 heterocycles. The summed E-state index contributed by atoms with van der Waals surface area (Å²) in [5, 5.41) is 8.81. The number of amides is 2. The van der Waals surface area contributed by atoms with E-state index >= 15 is 0 Å². The van der Waals surface area contributed by atoms with Crippen molar-refractivity contribution in [1.82, 2.24) is 10.6 Å². The maximum atomic E-state index is 12.2. The number of hydrogen-bond acceptors (Lipinski definition) is 3. The summed E-state index contributed by atoms with van der Waals surface area (Å²) in [5.74, 6) is -0.205. The molecule has 0 aliphatic heterocycles. The average molecular weight is 364 g/mol. The van der Waals surface area contributed by atoms with E-state index in [1.165, 1.54) is 0 Å². The van der Waals surface area contributed by atoms with Crippen LogP contribution in [-0.4, -0.2) is 23.0 Å². The fourth-order valence-corrected chi connectivity index (χ4v) is 2.44. The Morgan fingerprint density at radius 2 is 1.92 bits per heavy atom. The molecule has 2 amide bonds. The Kier molecular flexibility index (Phi) is 9.77. The largest absolute Gasteiger partial charge is 0.350 e. The van der Waals surface area contributed by atoms with Crippen LogP contribution in [-0.2, 0) is 4.79 Å². The third-order valence-electron chi connectivity index (χ3n) is 3.88. The normalized spacial score (nSPS) is 11.5. The zero-order valence-corrected chi connectivity index (χ0v) is 16.2. The lowest BCUT2D eigenvalue weighted by Gasteiger charge is -2.13. The van der Waals surface area contributed by atoms with Crippen LogP contribution in [0, 0.1) is 0 Å². The molecule has 0 bridgehead atoms. The van der Waals surface area contributed by atoms with E-state index in [2.05, 4.69) is 22.9 Å². The minimum atomic E-state index is -0.121. The molecule has 1 aromatic rings. The van der Waals surface area contributed by atoms with Crippen molar-refractivity contribution in [2.24, 2.45) is 0 Å². The molecular weight excluding hydrogens is 334 g/mol. The highest BCUT2D eigenvalue weighted by atomic mass is 32.1. The summed E-state index contributed by atoms with van der Waals surface area (Å²) in [6.07, 6.45) is 5.55. The number of nitrogens with one attached hydrogen (secondary N) is 3. The minimum absolute atomic E-state index is 0.0840. The molecule has 6 heteroatoms. The Morgan fingerprint density at radius 3 is 2.60 bits per heavy atom. The SMILES string of the molecule is CCCCCCC(=O)NC(=S)Nc1cccc(C(=O)NC(C)CC)c1. The molecule has 25 heavy (non-hydrogen) atoms. The molecule has 0 saturated carbocycles. The van der Waals surface area contributed by atoms with Gasteiger partial charge in [-0.15, -0.1) is 0 Å². The Bertz CT molecular complexity index is 590. The van der Waals surface area contributed by atoms with Crippen molar-refractivity contribution in [3.05, 3.63) is 29.8 Å². The first-order valence-electron chi connectivity index (χ1n) is 8.98. The summed E-state index contributed by atoms with van der Waals surface area (Å²) in [6.45, 7) is 6.12. The van der Waals surface area contributed by atoms with E-state index in [9.17, 15) is 9.59 Å². The van der Waals surface area contributed by atoms with Gasteiger partial charge in [0.2, 0.25) is 5.91 Å². The van der Waals surface area contributed by atoms with Crippen LogP contribution in [0.15, 0.2) is 24.3 Å². The second-order valence-corrected chi connectivity index (χ2v) is 6.58. The predicted octanol–water partition coefficient (Wildman–Crippen LogP) is 4.00. The number of hydrogen-bond donors (Lipinski definition) is 3. The summed E-state index contributed by atoms with van der Waals surface area (Å²) in [5.41, 5.74) is 1.23. The molecule has 5 nitrogen and oxygen atoms in total. The van der Waals surface area contributed by atoms with Crippen LogP contribution in [0.25, 0.3) is 0 Å². The summed E-state index contributed by atoms with van der Waals surface area (Å²) < 4.78 is 0. The van der Waals surface area contributed by atoms with Crippen LogP contribution < -0.4 is 16.0 Å². The van der Waals surface area contributed by atoms with Crippen molar-refractivity contribution in [3.63, 3.8) is 0 Å². The molecule has 0 radical (unpaired) electrons. The van der Waals surface area contributed by atoms with Gasteiger partial charge in [0, 0.05) is 23.7 Å². The second kappa shape index (κ2) is 11.6. The fraction of sp³-hybridized carbons (Fsp3) is 0.526. The summed E-state index contributed by atoms with van der Waals surface area (Å²) in [4.78, 5) is 24.0. The van der Waals surface area contributed by atoms with E-state index in [1.807, 2.05) is 13.8 Å². The van der Waals surface area contributed by atoms with Crippen LogP contribution in [0.5, 0.6) is 0 Å². The van der Waals surface area contributed by atoms with Gasteiger partial charge in [0.25, 0.3) is 5.91 Å².